The van der Waals surface area contributed by atoms with E-state index in [1.807, 2.05) is 72.4 Å². The lowest BCUT2D eigenvalue weighted by Crippen LogP contribution is -2.51. The van der Waals surface area contributed by atoms with Crippen molar-refractivity contribution in [1.29, 1.82) is 0 Å². The van der Waals surface area contributed by atoms with Crippen LogP contribution in [0.2, 0.25) is 0 Å². The smallest absolute Gasteiger partial charge is 0.311 e. The van der Waals surface area contributed by atoms with Crippen LogP contribution in [0.5, 0.6) is 0 Å². The number of carboxylic acid groups (broad SMARTS) is 1. The molecule has 1 saturated heterocycles. The predicted octanol–water partition coefficient (Wildman–Crippen LogP) is 3.73. The summed E-state index contributed by atoms with van der Waals surface area (Å²) in [5, 5.41) is 11.0. The molecule has 1 atom stereocenters. The molecule has 1 N–H and O–H groups in total. The average Bonchev–Trinajstić information content (AvgIpc) is 3.05. The van der Waals surface area contributed by atoms with Crippen LogP contribution in [0.4, 0.5) is 0 Å². The van der Waals surface area contributed by atoms with Crippen LogP contribution in [-0.2, 0) is 18.3 Å². The Kier molecular flexibility index (Phi) is 4.67. The number of amides is 1. The number of aromatic nitrogens is 1. The molecule has 1 unspecified atom stereocenters. The van der Waals surface area contributed by atoms with Gasteiger partial charge in [0.05, 0.1) is 11.0 Å². The normalized spacial score (nSPS) is 19.7. The van der Waals surface area contributed by atoms with Gasteiger partial charge in [-0.2, -0.15) is 0 Å². The Labute approximate surface area is 164 Å². The Morgan fingerprint density at radius 2 is 1.79 bits per heavy atom. The molecule has 1 aliphatic heterocycles. The number of carbonyl (C=O) groups is 2. The minimum atomic E-state index is -0.945. The molecule has 1 fully saturated rings. The van der Waals surface area contributed by atoms with Gasteiger partial charge in [-0.15, -0.1) is 0 Å². The van der Waals surface area contributed by atoms with E-state index in [0.29, 0.717) is 31.4 Å². The number of para-hydroxylation sites is 1. The van der Waals surface area contributed by atoms with Gasteiger partial charge < -0.3 is 14.6 Å². The fourth-order valence-electron chi connectivity index (χ4n) is 4.37. The molecule has 0 aliphatic carbocycles. The summed E-state index contributed by atoms with van der Waals surface area (Å²) < 4.78 is 1.95. The lowest BCUT2D eigenvalue weighted by molar-refractivity contribution is -0.151. The van der Waals surface area contributed by atoms with Crippen molar-refractivity contribution in [1.82, 2.24) is 9.47 Å². The van der Waals surface area contributed by atoms with Crippen LogP contribution in [0.1, 0.15) is 28.8 Å². The molecule has 2 aromatic carbocycles. The van der Waals surface area contributed by atoms with Gasteiger partial charge in [0.1, 0.15) is 0 Å². The van der Waals surface area contributed by atoms with Gasteiger partial charge in [0, 0.05) is 37.2 Å². The van der Waals surface area contributed by atoms with Gasteiger partial charge in [0.15, 0.2) is 0 Å². The SMILES string of the molecule is Cn1cc(C(=O)N2CCCC(Cc3ccccc3)(C(=O)O)C2)c2ccccc21. The van der Waals surface area contributed by atoms with Gasteiger partial charge in [-0.05, 0) is 30.9 Å². The predicted molar refractivity (Wildman–Crippen MR) is 108 cm³/mol. The zero-order valence-corrected chi connectivity index (χ0v) is 16.0. The molecule has 5 heteroatoms. The van der Waals surface area contributed by atoms with Gasteiger partial charge in [-0.3, -0.25) is 9.59 Å². The monoisotopic (exact) mass is 376 g/mol. The van der Waals surface area contributed by atoms with Crippen molar-refractivity contribution in [3.63, 3.8) is 0 Å². The third-order valence-corrected chi connectivity index (χ3v) is 5.83. The third kappa shape index (κ3) is 3.17. The molecule has 2 heterocycles. The summed E-state index contributed by atoms with van der Waals surface area (Å²) in [6.07, 6.45) is 3.55. The van der Waals surface area contributed by atoms with E-state index < -0.39 is 11.4 Å². The zero-order chi connectivity index (χ0) is 19.7. The van der Waals surface area contributed by atoms with Crippen molar-refractivity contribution < 1.29 is 14.7 Å². The molecule has 3 aromatic rings. The van der Waals surface area contributed by atoms with Gasteiger partial charge in [0.2, 0.25) is 0 Å². The standard InChI is InChI=1S/C23H24N2O3/c1-24-15-19(18-10-5-6-11-20(18)24)21(26)25-13-7-12-23(16-25,22(27)28)14-17-8-3-2-4-9-17/h2-6,8-11,15H,7,12-14,16H2,1H3,(H,27,28). The molecule has 28 heavy (non-hydrogen) atoms. The zero-order valence-electron chi connectivity index (χ0n) is 16.0. The third-order valence-electron chi connectivity index (χ3n) is 5.83. The van der Waals surface area contributed by atoms with Crippen molar-refractivity contribution in [3.05, 3.63) is 71.9 Å². The second kappa shape index (κ2) is 7.15. The van der Waals surface area contributed by atoms with Crippen LogP contribution in [0.25, 0.3) is 10.9 Å². The van der Waals surface area contributed by atoms with Crippen LogP contribution < -0.4 is 0 Å². The van der Waals surface area contributed by atoms with Crippen LogP contribution >= 0.6 is 0 Å². The van der Waals surface area contributed by atoms with Gasteiger partial charge in [-0.1, -0.05) is 48.5 Å². The Balaban J connectivity index is 1.64. The maximum absolute atomic E-state index is 13.3. The highest BCUT2D eigenvalue weighted by molar-refractivity contribution is 6.07. The lowest BCUT2D eigenvalue weighted by atomic mass is 9.75. The number of hydrogen-bond donors (Lipinski definition) is 1. The number of aryl methyl sites for hydroxylation is 1. The second-order valence-corrected chi connectivity index (χ2v) is 7.75. The van der Waals surface area contributed by atoms with Crippen LogP contribution in [0.3, 0.4) is 0 Å². The van der Waals surface area contributed by atoms with E-state index in [2.05, 4.69) is 0 Å². The first-order valence-corrected chi connectivity index (χ1v) is 9.61. The minimum absolute atomic E-state index is 0.0878. The molecule has 1 amide bonds. The molecular formula is C23H24N2O3. The summed E-state index contributed by atoms with van der Waals surface area (Å²) in [5.41, 5.74) is 1.68. The first-order chi connectivity index (χ1) is 13.5. The summed E-state index contributed by atoms with van der Waals surface area (Å²) in [5.74, 6) is -0.915. The number of carbonyl (C=O) groups excluding carboxylic acids is 1. The van der Waals surface area contributed by atoms with Crippen molar-refractivity contribution in [2.75, 3.05) is 13.1 Å². The fraction of sp³-hybridized carbons (Fsp3) is 0.304. The van der Waals surface area contributed by atoms with E-state index >= 15 is 0 Å². The Bertz CT molecular complexity index is 1020. The number of aliphatic carboxylic acids is 1. The van der Waals surface area contributed by atoms with Crippen LogP contribution in [0.15, 0.2) is 60.8 Å². The van der Waals surface area contributed by atoms with Gasteiger partial charge in [-0.25, -0.2) is 0 Å². The van der Waals surface area contributed by atoms with Crippen LogP contribution in [-0.4, -0.2) is 39.5 Å². The number of hydrogen-bond acceptors (Lipinski definition) is 2. The van der Waals surface area contributed by atoms with E-state index in [9.17, 15) is 14.7 Å². The number of rotatable bonds is 4. The molecule has 0 radical (unpaired) electrons. The molecule has 1 aromatic heterocycles. The van der Waals surface area contributed by atoms with Crippen molar-refractivity contribution in [3.8, 4) is 0 Å². The topological polar surface area (TPSA) is 62.5 Å². The van der Waals surface area contributed by atoms with E-state index in [0.717, 1.165) is 16.5 Å². The molecule has 0 spiro atoms. The summed E-state index contributed by atoms with van der Waals surface area (Å²) in [6, 6.07) is 17.5. The average molecular weight is 376 g/mol. The molecule has 0 saturated carbocycles. The quantitative estimate of drug-likeness (QED) is 0.755. The highest BCUT2D eigenvalue weighted by Crippen LogP contribution is 2.35. The van der Waals surface area contributed by atoms with E-state index in [4.69, 9.17) is 0 Å². The summed E-state index contributed by atoms with van der Waals surface area (Å²) >= 11 is 0. The number of carboxylic acids is 1. The maximum Gasteiger partial charge on any atom is 0.311 e. The van der Waals surface area contributed by atoms with Crippen LogP contribution in [0, 0.1) is 5.41 Å². The van der Waals surface area contributed by atoms with E-state index in [1.54, 1.807) is 4.90 Å². The molecule has 5 nitrogen and oxygen atoms in total. The highest BCUT2D eigenvalue weighted by Gasteiger charge is 2.44. The van der Waals surface area contributed by atoms with Crippen molar-refractivity contribution in [2.45, 2.75) is 19.3 Å². The Morgan fingerprint density at radius 1 is 1.07 bits per heavy atom. The minimum Gasteiger partial charge on any atom is -0.481 e. The van der Waals surface area contributed by atoms with Crippen molar-refractivity contribution in [2.24, 2.45) is 12.5 Å². The number of piperidine rings is 1. The molecule has 1 aliphatic rings. The highest BCUT2D eigenvalue weighted by atomic mass is 16.4. The van der Waals surface area contributed by atoms with Gasteiger partial charge >= 0.3 is 5.97 Å². The molecular weight excluding hydrogens is 352 g/mol. The molecule has 4 rings (SSSR count). The number of fused-ring (bicyclic) bond motifs is 1. The summed E-state index contributed by atoms with van der Waals surface area (Å²) in [6.45, 7) is 0.825. The summed E-state index contributed by atoms with van der Waals surface area (Å²) in [4.78, 5) is 27.3. The first kappa shape index (κ1) is 18.3. The number of benzene rings is 2. The van der Waals surface area contributed by atoms with E-state index in [-0.39, 0.29) is 12.5 Å². The van der Waals surface area contributed by atoms with Gasteiger partial charge in [0.25, 0.3) is 5.91 Å². The fourth-order valence-corrected chi connectivity index (χ4v) is 4.37. The number of likely N-dealkylation sites (tertiary alicyclic amines) is 1. The Morgan fingerprint density at radius 3 is 2.54 bits per heavy atom. The molecule has 144 valence electrons. The largest absolute Gasteiger partial charge is 0.481 e. The first-order valence-electron chi connectivity index (χ1n) is 9.61. The molecule has 0 bridgehead atoms. The summed E-state index contributed by atoms with van der Waals surface area (Å²) in [7, 11) is 1.92. The lowest BCUT2D eigenvalue weighted by Gasteiger charge is -2.40. The second-order valence-electron chi connectivity index (χ2n) is 7.75. The Hall–Kier alpha value is -3.08. The number of nitrogens with zero attached hydrogens (tertiary/aromatic N) is 2. The van der Waals surface area contributed by atoms with E-state index in [1.165, 1.54) is 0 Å². The van der Waals surface area contributed by atoms with Crippen molar-refractivity contribution >= 4 is 22.8 Å². The maximum atomic E-state index is 13.3.